The number of aliphatic carboxylic acids is 1. The molecule has 1 fully saturated rings. The fraction of sp³-hybridized carbons (Fsp3) is 0.778. The van der Waals surface area contributed by atoms with Crippen molar-refractivity contribution in [3.8, 4) is 0 Å². The van der Waals surface area contributed by atoms with Crippen molar-refractivity contribution in [3.05, 3.63) is 0 Å². The van der Waals surface area contributed by atoms with Crippen molar-refractivity contribution in [1.29, 1.82) is 0 Å². The second-order valence-electron chi connectivity index (χ2n) is 3.88. The second kappa shape index (κ2) is 3.96. The topological polar surface area (TPSA) is 86.6 Å². The molecule has 14 heavy (non-hydrogen) atoms. The molecule has 0 aromatic rings. The number of carboxylic acids is 1. The number of carboxylic acid groups (broad SMARTS) is 1. The third-order valence-electron chi connectivity index (χ3n) is 2.49. The SMILES string of the molecule is C[C@@H](O)[C@H](NC(=O)[C@H]1C[C@@H]1C)C(=O)O. The lowest BCUT2D eigenvalue weighted by molar-refractivity contribution is -0.145. The Labute approximate surface area is 82.1 Å². The van der Waals surface area contributed by atoms with E-state index in [2.05, 4.69) is 5.32 Å². The molecule has 0 bridgehead atoms. The summed E-state index contributed by atoms with van der Waals surface area (Å²) >= 11 is 0. The first-order valence-corrected chi connectivity index (χ1v) is 4.64. The largest absolute Gasteiger partial charge is 0.480 e. The number of rotatable bonds is 4. The molecule has 1 aliphatic rings. The first-order valence-electron chi connectivity index (χ1n) is 4.64. The highest BCUT2D eigenvalue weighted by Crippen LogP contribution is 2.37. The molecular formula is C9H15NO4. The molecule has 1 aliphatic carbocycles. The van der Waals surface area contributed by atoms with Gasteiger partial charge >= 0.3 is 5.97 Å². The number of amides is 1. The van der Waals surface area contributed by atoms with E-state index in [1.165, 1.54) is 6.92 Å². The van der Waals surface area contributed by atoms with Gasteiger partial charge in [0.25, 0.3) is 0 Å². The molecule has 5 nitrogen and oxygen atoms in total. The molecule has 0 aromatic heterocycles. The summed E-state index contributed by atoms with van der Waals surface area (Å²) in [5, 5.41) is 20.1. The molecule has 80 valence electrons. The van der Waals surface area contributed by atoms with Gasteiger partial charge in [0, 0.05) is 5.92 Å². The minimum absolute atomic E-state index is 0.0735. The van der Waals surface area contributed by atoms with Crippen LogP contribution in [0.1, 0.15) is 20.3 Å². The molecule has 1 amide bonds. The second-order valence-corrected chi connectivity index (χ2v) is 3.88. The van der Waals surface area contributed by atoms with E-state index in [1.807, 2.05) is 6.92 Å². The molecular weight excluding hydrogens is 186 g/mol. The van der Waals surface area contributed by atoms with Crippen LogP contribution in [0.2, 0.25) is 0 Å². The Morgan fingerprint density at radius 1 is 1.50 bits per heavy atom. The van der Waals surface area contributed by atoms with Gasteiger partial charge < -0.3 is 15.5 Å². The first kappa shape index (κ1) is 11.0. The van der Waals surface area contributed by atoms with Crippen molar-refractivity contribution >= 4 is 11.9 Å². The highest BCUT2D eigenvalue weighted by Gasteiger charge is 2.41. The van der Waals surface area contributed by atoms with Crippen LogP contribution < -0.4 is 5.32 Å². The highest BCUT2D eigenvalue weighted by atomic mass is 16.4. The smallest absolute Gasteiger partial charge is 0.328 e. The molecule has 0 radical (unpaired) electrons. The van der Waals surface area contributed by atoms with Gasteiger partial charge in [-0.05, 0) is 19.3 Å². The molecule has 0 spiro atoms. The fourth-order valence-electron chi connectivity index (χ4n) is 1.34. The van der Waals surface area contributed by atoms with Crippen LogP contribution >= 0.6 is 0 Å². The summed E-state index contributed by atoms with van der Waals surface area (Å²) in [6.45, 7) is 3.28. The Kier molecular flexibility index (Phi) is 3.10. The molecule has 4 atom stereocenters. The lowest BCUT2D eigenvalue weighted by Gasteiger charge is -2.16. The van der Waals surface area contributed by atoms with E-state index >= 15 is 0 Å². The average Bonchev–Trinajstić information content (AvgIpc) is 2.76. The number of aliphatic hydroxyl groups is 1. The molecule has 3 N–H and O–H groups in total. The first-order chi connectivity index (χ1) is 6.43. The van der Waals surface area contributed by atoms with Gasteiger partial charge in [0.1, 0.15) is 0 Å². The van der Waals surface area contributed by atoms with Crippen molar-refractivity contribution in [2.24, 2.45) is 11.8 Å². The number of hydrogen-bond donors (Lipinski definition) is 3. The van der Waals surface area contributed by atoms with Crippen LogP contribution in [0.5, 0.6) is 0 Å². The van der Waals surface area contributed by atoms with Gasteiger partial charge in [-0.15, -0.1) is 0 Å². The molecule has 0 saturated heterocycles. The third-order valence-corrected chi connectivity index (χ3v) is 2.49. The Morgan fingerprint density at radius 2 is 2.00 bits per heavy atom. The van der Waals surface area contributed by atoms with Gasteiger partial charge in [0.15, 0.2) is 6.04 Å². The van der Waals surface area contributed by atoms with Crippen LogP contribution in [-0.4, -0.2) is 34.2 Å². The minimum Gasteiger partial charge on any atom is -0.480 e. The quantitative estimate of drug-likeness (QED) is 0.577. The van der Waals surface area contributed by atoms with Gasteiger partial charge in [0.2, 0.25) is 5.91 Å². The van der Waals surface area contributed by atoms with E-state index < -0.39 is 18.1 Å². The predicted molar refractivity (Wildman–Crippen MR) is 48.5 cm³/mol. The van der Waals surface area contributed by atoms with E-state index in [9.17, 15) is 9.59 Å². The van der Waals surface area contributed by atoms with E-state index in [4.69, 9.17) is 10.2 Å². The van der Waals surface area contributed by atoms with Gasteiger partial charge in [-0.2, -0.15) is 0 Å². The van der Waals surface area contributed by atoms with E-state index in [-0.39, 0.29) is 11.8 Å². The molecule has 1 saturated carbocycles. The van der Waals surface area contributed by atoms with Gasteiger partial charge in [0.05, 0.1) is 6.10 Å². The lowest BCUT2D eigenvalue weighted by atomic mass is 10.1. The van der Waals surface area contributed by atoms with Gasteiger partial charge in [-0.1, -0.05) is 6.92 Å². The summed E-state index contributed by atoms with van der Waals surface area (Å²) in [5.41, 5.74) is 0. The summed E-state index contributed by atoms with van der Waals surface area (Å²) in [5.74, 6) is -1.22. The number of aliphatic hydroxyl groups excluding tert-OH is 1. The van der Waals surface area contributed by atoms with Crippen LogP contribution in [0, 0.1) is 11.8 Å². The standard InChI is InChI=1S/C9H15NO4/c1-4-3-6(4)8(12)10-7(5(2)11)9(13)14/h4-7,11H,3H2,1-2H3,(H,10,12)(H,13,14)/t4-,5+,6-,7-/m0/s1. The zero-order valence-corrected chi connectivity index (χ0v) is 8.23. The summed E-state index contributed by atoms with van der Waals surface area (Å²) in [6.07, 6.45) is -0.275. The van der Waals surface area contributed by atoms with Crippen LogP contribution in [0.15, 0.2) is 0 Å². The van der Waals surface area contributed by atoms with Crippen molar-refractivity contribution < 1.29 is 19.8 Å². The van der Waals surface area contributed by atoms with Crippen LogP contribution in [-0.2, 0) is 9.59 Å². The normalized spacial score (nSPS) is 29.1. The Hall–Kier alpha value is -1.10. The summed E-state index contributed by atoms with van der Waals surface area (Å²) < 4.78 is 0. The molecule has 0 heterocycles. The maximum Gasteiger partial charge on any atom is 0.328 e. The van der Waals surface area contributed by atoms with Gasteiger partial charge in [-0.25, -0.2) is 4.79 Å². The number of hydrogen-bond acceptors (Lipinski definition) is 3. The zero-order chi connectivity index (χ0) is 10.9. The van der Waals surface area contributed by atoms with E-state index in [1.54, 1.807) is 0 Å². The number of nitrogens with one attached hydrogen (secondary N) is 1. The van der Waals surface area contributed by atoms with Crippen molar-refractivity contribution in [1.82, 2.24) is 5.32 Å². The molecule has 0 unspecified atom stereocenters. The summed E-state index contributed by atoms with van der Waals surface area (Å²) in [7, 11) is 0. The van der Waals surface area contributed by atoms with Crippen LogP contribution in [0.25, 0.3) is 0 Å². The molecule has 1 rings (SSSR count). The number of carbonyl (C=O) groups is 2. The Balaban J connectivity index is 2.47. The van der Waals surface area contributed by atoms with Crippen LogP contribution in [0.3, 0.4) is 0 Å². The zero-order valence-electron chi connectivity index (χ0n) is 8.23. The molecule has 0 aliphatic heterocycles. The fourth-order valence-corrected chi connectivity index (χ4v) is 1.34. The van der Waals surface area contributed by atoms with Crippen LogP contribution in [0.4, 0.5) is 0 Å². The van der Waals surface area contributed by atoms with Crippen molar-refractivity contribution in [2.75, 3.05) is 0 Å². The number of carbonyl (C=O) groups excluding carboxylic acids is 1. The monoisotopic (exact) mass is 201 g/mol. The molecule has 5 heteroatoms. The van der Waals surface area contributed by atoms with Crippen molar-refractivity contribution in [2.45, 2.75) is 32.4 Å². The van der Waals surface area contributed by atoms with E-state index in [0.717, 1.165) is 6.42 Å². The summed E-state index contributed by atoms with van der Waals surface area (Å²) in [6, 6.07) is -1.20. The van der Waals surface area contributed by atoms with E-state index in [0.29, 0.717) is 5.92 Å². The minimum atomic E-state index is -1.21. The Bertz CT molecular complexity index is 251. The summed E-state index contributed by atoms with van der Waals surface area (Å²) in [4.78, 5) is 22.0. The predicted octanol–water partition coefficient (Wildman–Crippen LogP) is -0.407. The third kappa shape index (κ3) is 2.45. The Morgan fingerprint density at radius 3 is 2.29 bits per heavy atom. The maximum absolute atomic E-state index is 11.3. The lowest BCUT2D eigenvalue weighted by Crippen LogP contribution is -2.48. The maximum atomic E-state index is 11.3. The average molecular weight is 201 g/mol. The van der Waals surface area contributed by atoms with Crippen molar-refractivity contribution in [3.63, 3.8) is 0 Å². The highest BCUT2D eigenvalue weighted by molar-refractivity contribution is 5.86. The van der Waals surface area contributed by atoms with Gasteiger partial charge in [-0.3, -0.25) is 4.79 Å². The molecule has 0 aromatic carbocycles.